The van der Waals surface area contributed by atoms with Crippen LogP contribution in [0.1, 0.15) is 55.3 Å². The maximum Gasteiger partial charge on any atom is 0.315 e. The van der Waals surface area contributed by atoms with E-state index >= 15 is 0 Å². The SMILES string of the molecule is O=C(NC1CCCCC1)NC1CCN(C(=O)CNC(=O)c2ccc(F)cc2F)CC1. The number of hydrogen-bond donors (Lipinski definition) is 3. The van der Waals surface area contributed by atoms with E-state index in [1.54, 1.807) is 4.90 Å². The number of carbonyl (C=O) groups excluding carboxylic acids is 3. The minimum absolute atomic E-state index is 0.000503. The van der Waals surface area contributed by atoms with Gasteiger partial charge in [0.1, 0.15) is 11.6 Å². The summed E-state index contributed by atoms with van der Waals surface area (Å²) in [7, 11) is 0. The predicted octanol–water partition coefficient (Wildman–Crippen LogP) is 2.32. The van der Waals surface area contributed by atoms with Gasteiger partial charge in [-0.3, -0.25) is 9.59 Å². The topological polar surface area (TPSA) is 90.5 Å². The quantitative estimate of drug-likeness (QED) is 0.680. The molecule has 1 heterocycles. The standard InChI is InChI=1S/C21H28F2N4O3/c22-14-6-7-17(18(23)12-14)20(29)24-13-19(28)27-10-8-16(9-11-27)26-21(30)25-15-4-2-1-3-5-15/h6-7,12,15-16H,1-5,8-11,13H2,(H,24,29)(H2,25,26,30). The zero-order chi connectivity index (χ0) is 21.5. The summed E-state index contributed by atoms with van der Waals surface area (Å²) in [4.78, 5) is 38.1. The molecule has 0 radical (unpaired) electrons. The van der Waals surface area contributed by atoms with Gasteiger partial charge >= 0.3 is 6.03 Å². The predicted molar refractivity (Wildman–Crippen MR) is 107 cm³/mol. The fraction of sp³-hybridized carbons (Fsp3) is 0.571. The van der Waals surface area contributed by atoms with Crippen molar-refractivity contribution in [2.24, 2.45) is 0 Å². The molecule has 1 aliphatic heterocycles. The Labute approximate surface area is 174 Å². The molecule has 30 heavy (non-hydrogen) atoms. The van der Waals surface area contributed by atoms with Gasteiger partial charge in [-0.25, -0.2) is 13.6 Å². The molecule has 9 heteroatoms. The third-order valence-corrected chi connectivity index (χ3v) is 5.70. The van der Waals surface area contributed by atoms with E-state index in [0.29, 0.717) is 32.0 Å². The monoisotopic (exact) mass is 422 g/mol. The first-order chi connectivity index (χ1) is 14.4. The number of piperidine rings is 1. The van der Waals surface area contributed by atoms with Crippen LogP contribution in [-0.2, 0) is 4.79 Å². The summed E-state index contributed by atoms with van der Waals surface area (Å²) in [5.74, 6) is -2.80. The van der Waals surface area contributed by atoms with E-state index in [4.69, 9.17) is 0 Å². The van der Waals surface area contributed by atoms with Gasteiger partial charge in [-0.1, -0.05) is 19.3 Å². The van der Waals surface area contributed by atoms with Crippen LogP contribution in [0.25, 0.3) is 0 Å². The Balaban J connectivity index is 1.37. The number of urea groups is 1. The molecule has 1 aliphatic carbocycles. The molecule has 0 bridgehead atoms. The van der Waals surface area contributed by atoms with Crippen molar-refractivity contribution in [1.29, 1.82) is 0 Å². The summed E-state index contributed by atoms with van der Waals surface area (Å²) >= 11 is 0. The minimum Gasteiger partial charge on any atom is -0.343 e. The second kappa shape index (κ2) is 10.4. The van der Waals surface area contributed by atoms with E-state index in [0.717, 1.165) is 37.8 Å². The maximum atomic E-state index is 13.6. The lowest BCUT2D eigenvalue weighted by Gasteiger charge is -2.33. The second-order valence-electron chi connectivity index (χ2n) is 7.91. The van der Waals surface area contributed by atoms with Crippen molar-refractivity contribution < 1.29 is 23.2 Å². The molecule has 0 atom stereocenters. The Bertz CT molecular complexity index is 776. The fourth-order valence-corrected chi connectivity index (χ4v) is 3.97. The van der Waals surface area contributed by atoms with Gasteiger partial charge in [0.25, 0.3) is 5.91 Å². The fourth-order valence-electron chi connectivity index (χ4n) is 3.97. The number of carbonyl (C=O) groups is 3. The summed E-state index contributed by atoms with van der Waals surface area (Å²) in [6, 6.07) is 2.75. The summed E-state index contributed by atoms with van der Waals surface area (Å²) in [5, 5.41) is 8.38. The Hall–Kier alpha value is -2.71. The minimum atomic E-state index is -0.974. The van der Waals surface area contributed by atoms with Gasteiger partial charge in [0, 0.05) is 31.2 Å². The van der Waals surface area contributed by atoms with Crippen molar-refractivity contribution >= 4 is 17.8 Å². The van der Waals surface area contributed by atoms with Crippen LogP contribution >= 0.6 is 0 Å². The molecule has 4 amide bonds. The molecule has 164 valence electrons. The molecular formula is C21H28F2N4O3. The van der Waals surface area contributed by atoms with Crippen LogP contribution in [-0.4, -0.2) is 54.5 Å². The van der Waals surface area contributed by atoms with E-state index in [1.165, 1.54) is 6.42 Å². The van der Waals surface area contributed by atoms with Gasteiger partial charge in [-0.05, 0) is 37.8 Å². The van der Waals surface area contributed by atoms with Crippen LogP contribution in [0, 0.1) is 11.6 Å². The van der Waals surface area contributed by atoms with Gasteiger partial charge in [-0.15, -0.1) is 0 Å². The number of amides is 4. The van der Waals surface area contributed by atoms with E-state index in [-0.39, 0.29) is 36.1 Å². The molecule has 2 fully saturated rings. The van der Waals surface area contributed by atoms with Gasteiger partial charge in [0.2, 0.25) is 5.91 Å². The lowest BCUT2D eigenvalue weighted by molar-refractivity contribution is -0.131. The van der Waals surface area contributed by atoms with Gasteiger partial charge in [0.15, 0.2) is 0 Å². The number of nitrogens with one attached hydrogen (secondary N) is 3. The highest BCUT2D eigenvalue weighted by atomic mass is 19.1. The zero-order valence-corrected chi connectivity index (χ0v) is 16.9. The Morgan fingerprint density at radius 3 is 2.20 bits per heavy atom. The highest BCUT2D eigenvalue weighted by molar-refractivity contribution is 5.96. The Morgan fingerprint density at radius 1 is 0.933 bits per heavy atom. The first-order valence-electron chi connectivity index (χ1n) is 10.5. The normalized spacial score (nSPS) is 18.0. The molecule has 1 saturated carbocycles. The van der Waals surface area contributed by atoms with Gasteiger partial charge < -0.3 is 20.9 Å². The molecule has 1 aromatic rings. The van der Waals surface area contributed by atoms with E-state index in [2.05, 4.69) is 16.0 Å². The molecule has 1 aromatic carbocycles. The summed E-state index contributed by atoms with van der Waals surface area (Å²) in [6.07, 6.45) is 6.83. The van der Waals surface area contributed by atoms with Crippen LogP contribution in [0.2, 0.25) is 0 Å². The maximum absolute atomic E-state index is 13.6. The Kier molecular flexibility index (Phi) is 7.59. The molecule has 0 unspecified atom stereocenters. The third kappa shape index (κ3) is 6.14. The first kappa shape index (κ1) is 22.0. The number of rotatable bonds is 5. The highest BCUT2D eigenvalue weighted by Gasteiger charge is 2.25. The number of benzene rings is 1. The molecular weight excluding hydrogens is 394 g/mol. The van der Waals surface area contributed by atoms with Crippen molar-refractivity contribution in [2.45, 2.75) is 57.0 Å². The second-order valence-corrected chi connectivity index (χ2v) is 7.91. The highest BCUT2D eigenvalue weighted by Crippen LogP contribution is 2.17. The zero-order valence-electron chi connectivity index (χ0n) is 16.9. The molecule has 2 aliphatic rings. The average Bonchev–Trinajstić information content (AvgIpc) is 2.73. The number of hydrogen-bond acceptors (Lipinski definition) is 3. The molecule has 3 rings (SSSR count). The average molecular weight is 422 g/mol. The van der Waals surface area contributed by atoms with Gasteiger partial charge in [0.05, 0.1) is 12.1 Å². The molecule has 7 nitrogen and oxygen atoms in total. The number of likely N-dealkylation sites (tertiary alicyclic amines) is 1. The first-order valence-corrected chi connectivity index (χ1v) is 10.5. The van der Waals surface area contributed by atoms with E-state index < -0.39 is 17.5 Å². The largest absolute Gasteiger partial charge is 0.343 e. The smallest absolute Gasteiger partial charge is 0.315 e. The van der Waals surface area contributed by atoms with Crippen molar-refractivity contribution in [1.82, 2.24) is 20.9 Å². The number of nitrogens with zero attached hydrogens (tertiary/aromatic N) is 1. The van der Waals surface area contributed by atoms with Crippen LogP contribution in [0.4, 0.5) is 13.6 Å². The molecule has 3 N–H and O–H groups in total. The van der Waals surface area contributed by atoms with Crippen LogP contribution < -0.4 is 16.0 Å². The van der Waals surface area contributed by atoms with Gasteiger partial charge in [-0.2, -0.15) is 0 Å². The molecule has 0 spiro atoms. The van der Waals surface area contributed by atoms with E-state index in [1.807, 2.05) is 0 Å². The summed E-state index contributed by atoms with van der Waals surface area (Å²) in [5.41, 5.74) is -0.309. The Morgan fingerprint density at radius 2 is 1.57 bits per heavy atom. The van der Waals surface area contributed by atoms with E-state index in [9.17, 15) is 23.2 Å². The molecule has 1 saturated heterocycles. The van der Waals surface area contributed by atoms with Crippen molar-refractivity contribution in [3.8, 4) is 0 Å². The third-order valence-electron chi connectivity index (χ3n) is 5.70. The number of halogens is 2. The van der Waals surface area contributed by atoms with Crippen molar-refractivity contribution in [2.75, 3.05) is 19.6 Å². The summed E-state index contributed by atoms with van der Waals surface area (Å²) in [6.45, 7) is 0.665. The summed E-state index contributed by atoms with van der Waals surface area (Å²) < 4.78 is 26.6. The van der Waals surface area contributed by atoms with Crippen LogP contribution in [0.5, 0.6) is 0 Å². The van der Waals surface area contributed by atoms with Crippen LogP contribution in [0.15, 0.2) is 18.2 Å². The van der Waals surface area contributed by atoms with Crippen molar-refractivity contribution in [3.05, 3.63) is 35.4 Å². The van der Waals surface area contributed by atoms with Crippen molar-refractivity contribution in [3.63, 3.8) is 0 Å². The lowest BCUT2D eigenvalue weighted by Crippen LogP contribution is -2.52. The lowest BCUT2D eigenvalue weighted by atomic mass is 9.96. The molecule has 0 aromatic heterocycles. The van der Waals surface area contributed by atoms with Crippen LogP contribution in [0.3, 0.4) is 0 Å².